The van der Waals surface area contributed by atoms with Crippen molar-refractivity contribution in [2.24, 2.45) is 0 Å². The fourth-order valence-corrected chi connectivity index (χ4v) is 1.20. The highest BCUT2D eigenvalue weighted by Gasteiger charge is 2.30. The average molecular weight is 271 g/mol. The maximum absolute atomic E-state index is 11.7. The highest BCUT2D eigenvalue weighted by Crippen LogP contribution is 2.02. The van der Waals surface area contributed by atoms with Crippen molar-refractivity contribution in [2.75, 3.05) is 13.6 Å². The van der Waals surface area contributed by atoms with E-state index in [4.69, 9.17) is 5.11 Å². The summed E-state index contributed by atoms with van der Waals surface area (Å²) in [5, 5.41) is 27.0. The van der Waals surface area contributed by atoms with Gasteiger partial charge >= 0.3 is 12.0 Å². The van der Waals surface area contributed by atoms with Crippen LogP contribution in [0.15, 0.2) is 0 Å². The lowest BCUT2D eigenvalue weighted by molar-refractivity contribution is -0.155. The molecule has 19 heavy (non-hydrogen) atoms. The second-order valence-electron chi connectivity index (χ2n) is 4.43. The molecule has 0 aliphatic rings. The number of hydrogen-bond acceptors (Lipinski definition) is 5. The topological polar surface area (TPSA) is 131 Å². The van der Waals surface area contributed by atoms with Gasteiger partial charge < -0.3 is 20.4 Å². The van der Waals surface area contributed by atoms with Gasteiger partial charge in [-0.1, -0.05) is 0 Å². The van der Waals surface area contributed by atoms with Gasteiger partial charge in [-0.15, -0.1) is 0 Å². The van der Waals surface area contributed by atoms with Crippen LogP contribution in [-0.4, -0.2) is 61.5 Å². The zero-order valence-electron chi connectivity index (χ0n) is 11.0. The van der Waals surface area contributed by atoms with Crippen LogP contribution < -0.4 is 5.32 Å². The number of H-pyrrole nitrogens is 1. The molecule has 2 amide bonds. The van der Waals surface area contributed by atoms with Gasteiger partial charge in [0, 0.05) is 7.05 Å². The van der Waals surface area contributed by atoms with Crippen LogP contribution in [-0.2, 0) is 11.3 Å². The van der Waals surface area contributed by atoms with Gasteiger partial charge in [-0.2, -0.15) is 5.10 Å². The van der Waals surface area contributed by atoms with Crippen molar-refractivity contribution in [3.05, 3.63) is 11.6 Å². The van der Waals surface area contributed by atoms with Crippen LogP contribution in [0.2, 0.25) is 0 Å². The summed E-state index contributed by atoms with van der Waals surface area (Å²) >= 11 is 0. The number of hydrogen-bond donors (Lipinski definition) is 4. The Labute approximate surface area is 109 Å². The van der Waals surface area contributed by atoms with Gasteiger partial charge in [-0.3, -0.25) is 5.10 Å². The summed E-state index contributed by atoms with van der Waals surface area (Å²) in [5.41, 5.74) is -2.00. The van der Waals surface area contributed by atoms with Crippen molar-refractivity contribution < 1.29 is 19.8 Å². The smallest absolute Gasteiger partial charge is 0.337 e. The molecule has 9 heteroatoms. The van der Waals surface area contributed by atoms with E-state index in [1.165, 1.54) is 11.9 Å². The number of carbonyl (C=O) groups excluding carboxylic acids is 1. The van der Waals surface area contributed by atoms with E-state index in [9.17, 15) is 14.7 Å². The lowest BCUT2D eigenvalue weighted by Crippen LogP contribution is -2.49. The number of rotatable bonds is 5. The summed E-state index contributed by atoms with van der Waals surface area (Å²) in [6.45, 7) is 2.62. The average Bonchev–Trinajstić information content (AvgIpc) is 2.71. The Morgan fingerprint density at radius 2 is 2.16 bits per heavy atom. The largest absolute Gasteiger partial charge is 0.479 e. The molecule has 1 rings (SSSR count). The highest BCUT2D eigenvalue weighted by molar-refractivity contribution is 5.79. The number of carboxylic acids is 1. The summed E-state index contributed by atoms with van der Waals surface area (Å²) < 4.78 is 0. The molecule has 0 aromatic carbocycles. The molecule has 1 aromatic heterocycles. The third-order valence-electron chi connectivity index (χ3n) is 2.41. The third-order valence-corrected chi connectivity index (χ3v) is 2.41. The molecule has 0 aliphatic heterocycles. The number of carboxylic acid groups (broad SMARTS) is 1. The van der Waals surface area contributed by atoms with Gasteiger partial charge in [0.05, 0.1) is 13.1 Å². The second-order valence-corrected chi connectivity index (χ2v) is 4.43. The molecule has 0 spiro atoms. The predicted molar refractivity (Wildman–Crippen MR) is 64.2 cm³/mol. The van der Waals surface area contributed by atoms with E-state index in [2.05, 4.69) is 20.5 Å². The lowest BCUT2D eigenvalue weighted by atomic mass is 10.1. The van der Waals surface area contributed by atoms with E-state index in [0.29, 0.717) is 11.6 Å². The molecule has 106 valence electrons. The fourth-order valence-electron chi connectivity index (χ4n) is 1.20. The number of aromatic nitrogens is 3. The minimum absolute atomic E-state index is 0.172. The molecule has 0 aliphatic carbocycles. The second kappa shape index (κ2) is 5.65. The summed E-state index contributed by atoms with van der Waals surface area (Å²) in [7, 11) is 1.51. The van der Waals surface area contributed by atoms with Crippen LogP contribution in [0, 0.1) is 6.92 Å². The van der Waals surface area contributed by atoms with E-state index < -0.39 is 24.1 Å². The minimum Gasteiger partial charge on any atom is -0.479 e. The quantitative estimate of drug-likeness (QED) is 0.548. The first-order chi connectivity index (χ1) is 8.72. The van der Waals surface area contributed by atoms with Crippen LogP contribution in [0.25, 0.3) is 0 Å². The van der Waals surface area contributed by atoms with E-state index in [-0.39, 0.29) is 6.54 Å². The molecule has 1 atom stereocenters. The summed E-state index contributed by atoms with van der Waals surface area (Å²) in [6, 6.07) is -0.524. The van der Waals surface area contributed by atoms with Gasteiger partial charge in [0.1, 0.15) is 5.82 Å². The van der Waals surface area contributed by atoms with E-state index in [0.717, 1.165) is 6.92 Å². The first-order valence-electron chi connectivity index (χ1n) is 5.55. The lowest BCUT2D eigenvalue weighted by Gasteiger charge is -2.21. The Balaban J connectivity index is 2.47. The summed E-state index contributed by atoms with van der Waals surface area (Å²) in [6.07, 6.45) is 0. The van der Waals surface area contributed by atoms with Gasteiger partial charge in [-0.05, 0) is 13.8 Å². The number of carbonyl (C=O) groups is 2. The fraction of sp³-hybridized carbons (Fsp3) is 0.600. The number of aliphatic hydroxyl groups is 1. The first kappa shape index (κ1) is 14.9. The minimum atomic E-state index is -2.00. The van der Waals surface area contributed by atoms with Crippen molar-refractivity contribution in [3.63, 3.8) is 0 Å². The van der Waals surface area contributed by atoms with Gasteiger partial charge in [0.2, 0.25) is 0 Å². The molecule has 1 aromatic rings. The Hall–Kier alpha value is -2.16. The highest BCUT2D eigenvalue weighted by atomic mass is 16.4. The van der Waals surface area contributed by atoms with E-state index in [1.54, 1.807) is 6.92 Å². The molecule has 0 saturated heterocycles. The van der Waals surface area contributed by atoms with Gasteiger partial charge in [0.15, 0.2) is 11.4 Å². The van der Waals surface area contributed by atoms with Crippen LogP contribution in [0.5, 0.6) is 0 Å². The first-order valence-corrected chi connectivity index (χ1v) is 5.55. The molecule has 1 heterocycles. The molecular weight excluding hydrogens is 254 g/mol. The maximum Gasteiger partial charge on any atom is 0.337 e. The molecule has 0 saturated carbocycles. The Morgan fingerprint density at radius 3 is 2.63 bits per heavy atom. The molecule has 4 N–H and O–H groups in total. The number of nitrogens with one attached hydrogen (secondary N) is 2. The van der Waals surface area contributed by atoms with Crippen molar-refractivity contribution >= 4 is 12.0 Å². The number of aliphatic carboxylic acids is 1. The number of urea groups is 1. The van der Waals surface area contributed by atoms with Crippen LogP contribution in [0.3, 0.4) is 0 Å². The molecule has 0 bridgehead atoms. The molecule has 0 fully saturated rings. The number of amides is 2. The zero-order valence-corrected chi connectivity index (χ0v) is 11.0. The zero-order chi connectivity index (χ0) is 14.6. The normalized spacial score (nSPS) is 13.7. The van der Waals surface area contributed by atoms with Crippen molar-refractivity contribution in [1.82, 2.24) is 25.4 Å². The number of aromatic amines is 1. The number of nitrogens with zero attached hydrogens (tertiary/aromatic N) is 3. The predicted octanol–water partition coefficient (Wildman–Crippen LogP) is -0.910. The van der Waals surface area contributed by atoms with Crippen molar-refractivity contribution in [2.45, 2.75) is 26.0 Å². The van der Waals surface area contributed by atoms with Crippen molar-refractivity contribution in [3.8, 4) is 0 Å². The Morgan fingerprint density at radius 1 is 1.53 bits per heavy atom. The van der Waals surface area contributed by atoms with Gasteiger partial charge in [0.25, 0.3) is 0 Å². The van der Waals surface area contributed by atoms with Crippen LogP contribution in [0.4, 0.5) is 4.79 Å². The molecular formula is C10H17N5O4. The standard InChI is InChI=1S/C10H17N5O4/c1-6-12-7(14-13-6)4-15(3)9(18)11-5-10(2,19)8(16)17/h19H,4-5H2,1-3H3,(H,11,18)(H,16,17)(H,12,13,14). The summed E-state index contributed by atoms with van der Waals surface area (Å²) in [4.78, 5) is 27.6. The Bertz CT molecular complexity index is 470. The Kier molecular flexibility index (Phi) is 4.43. The number of aryl methyl sites for hydroxylation is 1. The van der Waals surface area contributed by atoms with Gasteiger partial charge in [-0.25, -0.2) is 14.6 Å². The van der Waals surface area contributed by atoms with E-state index >= 15 is 0 Å². The maximum atomic E-state index is 11.7. The monoisotopic (exact) mass is 271 g/mol. The SMILES string of the molecule is Cc1nc(CN(C)C(=O)NCC(C)(O)C(=O)O)n[nH]1. The van der Waals surface area contributed by atoms with Crippen molar-refractivity contribution in [1.29, 1.82) is 0 Å². The van der Waals surface area contributed by atoms with E-state index in [1.807, 2.05) is 0 Å². The third kappa shape index (κ3) is 4.21. The summed E-state index contributed by atoms with van der Waals surface area (Å²) in [5.74, 6) is -0.321. The molecule has 0 radical (unpaired) electrons. The molecule has 9 nitrogen and oxygen atoms in total. The molecule has 1 unspecified atom stereocenters. The van der Waals surface area contributed by atoms with Crippen LogP contribution >= 0.6 is 0 Å². The van der Waals surface area contributed by atoms with Crippen LogP contribution in [0.1, 0.15) is 18.6 Å².